The van der Waals surface area contributed by atoms with Crippen molar-refractivity contribution in [1.29, 1.82) is 0 Å². The molecule has 0 saturated carbocycles. The summed E-state index contributed by atoms with van der Waals surface area (Å²) in [4.78, 5) is 5.02. The summed E-state index contributed by atoms with van der Waals surface area (Å²) in [5.41, 5.74) is 9.01. The van der Waals surface area contributed by atoms with Crippen molar-refractivity contribution in [2.24, 2.45) is 12.5 Å². The van der Waals surface area contributed by atoms with Gasteiger partial charge < -0.3 is 0 Å². The highest BCUT2D eigenvalue weighted by Gasteiger charge is 2.21. The molecule has 0 radical (unpaired) electrons. The van der Waals surface area contributed by atoms with Crippen LogP contribution in [0.1, 0.15) is 43.2 Å². The van der Waals surface area contributed by atoms with Gasteiger partial charge in [0, 0.05) is 17.1 Å². The van der Waals surface area contributed by atoms with E-state index in [1.54, 1.807) is 0 Å². The van der Waals surface area contributed by atoms with Crippen LogP contribution in [0.15, 0.2) is 48.7 Å². The minimum absolute atomic E-state index is 0.228. The van der Waals surface area contributed by atoms with Crippen LogP contribution in [0.25, 0.3) is 32.9 Å². The molecule has 0 unspecified atom stereocenters. The number of aryl methyl sites for hydroxylation is 3. The normalized spacial score (nSPS) is 12.1. The predicted molar refractivity (Wildman–Crippen MR) is 123 cm³/mol. The molecule has 0 fully saturated rings. The standard InChI is InChI=1S/C27H31N2/c1-17-14-18(2)19(3)23(15-17)26-25-20(12-13-29(26)7)8-11-24-22(25)10-9-21(28-24)16-27(4,5)6/h8-15H,16H2,1-7H3/q+1. The van der Waals surface area contributed by atoms with Gasteiger partial charge in [-0.05, 0) is 67.3 Å². The smallest absolute Gasteiger partial charge is 0.221 e. The Hall–Kier alpha value is -2.74. The summed E-state index contributed by atoms with van der Waals surface area (Å²) in [6.07, 6.45) is 3.15. The molecule has 2 aromatic heterocycles. The maximum Gasteiger partial charge on any atom is 0.221 e. The third-order valence-electron chi connectivity index (χ3n) is 5.81. The molecule has 2 heterocycles. The number of pyridine rings is 2. The van der Waals surface area contributed by atoms with Gasteiger partial charge in [0.05, 0.1) is 16.5 Å². The van der Waals surface area contributed by atoms with Gasteiger partial charge in [-0.1, -0.05) is 44.5 Å². The number of aromatic nitrogens is 2. The van der Waals surface area contributed by atoms with Crippen molar-refractivity contribution in [2.75, 3.05) is 0 Å². The lowest BCUT2D eigenvalue weighted by Gasteiger charge is -2.18. The second kappa shape index (κ2) is 6.95. The number of benzene rings is 2. The number of rotatable bonds is 2. The summed E-state index contributed by atoms with van der Waals surface area (Å²) < 4.78 is 2.26. The van der Waals surface area contributed by atoms with E-state index in [2.05, 4.69) is 102 Å². The SMILES string of the molecule is Cc1cc(C)c(C)c(-c2c3c(ccc4nc(CC(C)(C)C)ccc43)cc[n+]2C)c1. The van der Waals surface area contributed by atoms with Crippen LogP contribution >= 0.6 is 0 Å². The van der Waals surface area contributed by atoms with Gasteiger partial charge in [-0.3, -0.25) is 4.98 Å². The quantitative estimate of drug-likeness (QED) is 0.289. The largest absolute Gasteiger partial charge is 0.253 e. The summed E-state index contributed by atoms with van der Waals surface area (Å²) in [7, 11) is 2.14. The fraction of sp³-hybridized carbons (Fsp3) is 0.333. The van der Waals surface area contributed by atoms with Crippen molar-refractivity contribution < 1.29 is 4.57 Å². The average molecular weight is 384 g/mol. The molecule has 0 N–H and O–H groups in total. The fourth-order valence-electron chi connectivity index (χ4n) is 4.36. The van der Waals surface area contributed by atoms with Crippen molar-refractivity contribution in [2.45, 2.75) is 48.0 Å². The maximum atomic E-state index is 5.02. The Morgan fingerprint density at radius 1 is 0.931 bits per heavy atom. The molecular formula is C27H31N2+. The van der Waals surface area contributed by atoms with E-state index >= 15 is 0 Å². The Morgan fingerprint density at radius 3 is 2.41 bits per heavy atom. The molecule has 2 aromatic carbocycles. The van der Waals surface area contributed by atoms with Crippen molar-refractivity contribution >= 4 is 21.7 Å². The van der Waals surface area contributed by atoms with Gasteiger partial charge >= 0.3 is 0 Å². The van der Waals surface area contributed by atoms with Gasteiger partial charge in [0.1, 0.15) is 7.05 Å². The van der Waals surface area contributed by atoms with E-state index in [1.807, 2.05) is 0 Å². The third kappa shape index (κ3) is 3.64. The predicted octanol–water partition coefficient (Wildman–Crippen LogP) is 6.39. The van der Waals surface area contributed by atoms with E-state index in [0.29, 0.717) is 0 Å². The van der Waals surface area contributed by atoms with Crippen molar-refractivity contribution in [1.82, 2.24) is 4.98 Å². The summed E-state index contributed by atoms with van der Waals surface area (Å²) in [6, 6.07) is 15.7. The van der Waals surface area contributed by atoms with E-state index in [4.69, 9.17) is 4.98 Å². The van der Waals surface area contributed by atoms with Gasteiger partial charge in [0.15, 0.2) is 6.20 Å². The Morgan fingerprint density at radius 2 is 1.69 bits per heavy atom. The van der Waals surface area contributed by atoms with Gasteiger partial charge in [0.25, 0.3) is 0 Å². The van der Waals surface area contributed by atoms with Gasteiger partial charge in [-0.2, -0.15) is 0 Å². The molecule has 4 aromatic rings. The third-order valence-corrected chi connectivity index (χ3v) is 5.81. The molecule has 4 rings (SSSR count). The maximum absolute atomic E-state index is 5.02. The van der Waals surface area contributed by atoms with Crippen LogP contribution in [0.3, 0.4) is 0 Å². The lowest BCUT2D eigenvalue weighted by molar-refractivity contribution is -0.659. The van der Waals surface area contributed by atoms with Crippen molar-refractivity contribution in [3.05, 3.63) is 71.0 Å². The first-order valence-corrected chi connectivity index (χ1v) is 10.4. The molecule has 0 aliphatic carbocycles. The first-order chi connectivity index (χ1) is 13.6. The van der Waals surface area contributed by atoms with E-state index < -0.39 is 0 Å². The topological polar surface area (TPSA) is 16.8 Å². The van der Waals surface area contributed by atoms with Crippen LogP contribution in [0.5, 0.6) is 0 Å². The molecule has 29 heavy (non-hydrogen) atoms. The number of fused-ring (bicyclic) bond motifs is 3. The molecule has 148 valence electrons. The van der Waals surface area contributed by atoms with E-state index in [1.165, 1.54) is 44.1 Å². The zero-order chi connectivity index (χ0) is 20.9. The molecule has 0 amide bonds. The average Bonchev–Trinajstić information content (AvgIpc) is 2.63. The van der Waals surface area contributed by atoms with Crippen LogP contribution in [-0.2, 0) is 13.5 Å². The van der Waals surface area contributed by atoms with E-state index in [0.717, 1.165) is 17.6 Å². The monoisotopic (exact) mass is 383 g/mol. The number of nitrogens with zero attached hydrogens (tertiary/aromatic N) is 2. The summed E-state index contributed by atoms with van der Waals surface area (Å²) >= 11 is 0. The Kier molecular flexibility index (Phi) is 4.69. The highest BCUT2D eigenvalue weighted by atomic mass is 14.9. The second-order valence-corrected chi connectivity index (χ2v) is 9.67. The van der Waals surface area contributed by atoms with Gasteiger partial charge in [0.2, 0.25) is 5.69 Å². The minimum atomic E-state index is 0.228. The second-order valence-electron chi connectivity index (χ2n) is 9.67. The van der Waals surface area contributed by atoms with Crippen LogP contribution < -0.4 is 4.57 Å². The van der Waals surface area contributed by atoms with Crippen LogP contribution in [0.2, 0.25) is 0 Å². The summed E-state index contributed by atoms with van der Waals surface area (Å²) in [5, 5.41) is 3.77. The zero-order valence-corrected chi connectivity index (χ0v) is 18.7. The molecule has 0 aliphatic heterocycles. The minimum Gasteiger partial charge on any atom is -0.253 e. The zero-order valence-electron chi connectivity index (χ0n) is 18.7. The Labute approximate surface area is 174 Å². The first kappa shape index (κ1) is 19.6. The molecule has 0 bridgehead atoms. The first-order valence-electron chi connectivity index (χ1n) is 10.4. The van der Waals surface area contributed by atoms with Gasteiger partial charge in [-0.15, -0.1) is 0 Å². The molecular weight excluding hydrogens is 352 g/mol. The molecule has 0 aliphatic rings. The van der Waals surface area contributed by atoms with E-state index in [9.17, 15) is 0 Å². The van der Waals surface area contributed by atoms with Gasteiger partial charge in [-0.25, -0.2) is 4.57 Å². The molecule has 0 saturated heterocycles. The van der Waals surface area contributed by atoms with Crippen molar-refractivity contribution in [3.8, 4) is 11.3 Å². The lowest BCUT2D eigenvalue weighted by Crippen LogP contribution is -2.31. The van der Waals surface area contributed by atoms with Crippen LogP contribution in [0, 0.1) is 26.2 Å². The number of hydrogen-bond acceptors (Lipinski definition) is 1. The molecule has 0 atom stereocenters. The number of hydrogen-bond donors (Lipinski definition) is 0. The fourth-order valence-corrected chi connectivity index (χ4v) is 4.36. The molecule has 2 heteroatoms. The molecule has 0 spiro atoms. The summed E-state index contributed by atoms with van der Waals surface area (Å²) in [6.45, 7) is 13.4. The molecule has 2 nitrogen and oxygen atoms in total. The van der Waals surface area contributed by atoms with Crippen LogP contribution in [-0.4, -0.2) is 4.98 Å². The van der Waals surface area contributed by atoms with E-state index in [-0.39, 0.29) is 5.41 Å². The summed E-state index contributed by atoms with van der Waals surface area (Å²) in [5.74, 6) is 0. The Balaban J connectivity index is 2.06. The highest BCUT2D eigenvalue weighted by molar-refractivity contribution is 6.11. The van der Waals surface area contributed by atoms with Crippen LogP contribution in [0.4, 0.5) is 0 Å². The lowest BCUT2D eigenvalue weighted by atomic mass is 9.89. The highest BCUT2D eigenvalue weighted by Crippen LogP contribution is 2.34. The Bertz CT molecular complexity index is 1240. The van der Waals surface area contributed by atoms with Crippen molar-refractivity contribution in [3.63, 3.8) is 0 Å².